The van der Waals surface area contributed by atoms with Crippen LogP contribution < -0.4 is 0 Å². The molecule has 1 N–H and O–H groups in total. The van der Waals surface area contributed by atoms with E-state index in [-0.39, 0.29) is 18.1 Å². The van der Waals surface area contributed by atoms with Crippen molar-refractivity contribution >= 4 is 23.2 Å². The molecule has 0 saturated carbocycles. The largest absolute Gasteiger partial charge is 0.390 e. The van der Waals surface area contributed by atoms with Gasteiger partial charge in [-0.15, -0.1) is 0 Å². The highest BCUT2D eigenvalue weighted by Crippen LogP contribution is 2.25. The number of amides is 1. The van der Waals surface area contributed by atoms with Crippen LogP contribution in [0.2, 0.25) is 5.02 Å². The fraction of sp³-hybridized carbons (Fsp3) is 0.529. The number of aliphatic hydroxyl groups is 1. The lowest BCUT2D eigenvalue weighted by molar-refractivity contribution is -0.128. The number of halogens is 1. The lowest BCUT2D eigenvalue weighted by Crippen LogP contribution is -2.54. The molecule has 3 heterocycles. The highest BCUT2D eigenvalue weighted by atomic mass is 35.5. The maximum absolute atomic E-state index is 12.2. The van der Waals surface area contributed by atoms with Gasteiger partial charge in [0.25, 0.3) is 0 Å². The summed E-state index contributed by atoms with van der Waals surface area (Å²) in [4.78, 5) is 16.3. The minimum Gasteiger partial charge on any atom is -0.390 e. The molecule has 1 atom stereocenters. The fourth-order valence-corrected chi connectivity index (χ4v) is 3.77. The zero-order valence-corrected chi connectivity index (χ0v) is 14.2. The van der Waals surface area contributed by atoms with Crippen LogP contribution in [0.25, 0.3) is 0 Å². The Morgan fingerprint density at radius 1 is 1.21 bits per heavy atom. The molecule has 0 aromatic heterocycles. The van der Waals surface area contributed by atoms with Crippen LogP contribution in [0.3, 0.4) is 0 Å². The molecule has 7 heteroatoms. The van der Waals surface area contributed by atoms with Gasteiger partial charge in [-0.1, -0.05) is 23.7 Å². The number of aliphatic hydroxyl groups excluding tert-OH is 1. The number of likely N-dealkylation sites (tertiary alicyclic amines) is 2. The van der Waals surface area contributed by atoms with Crippen LogP contribution in [-0.4, -0.2) is 76.5 Å². The Hall–Kier alpha value is -1.63. The molecule has 3 aliphatic heterocycles. The van der Waals surface area contributed by atoms with Gasteiger partial charge in [-0.3, -0.25) is 14.7 Å². The van der Waals surface area contributed by atoms with Crippen molar-refractivity contribution in [2.24, 2.45) is 5.10 Å². The van der Waals surface area contributed by atoms with Gasteiger partial charge in [0, 0.05) is 36.6 Å². The summed E-state index contributed by atoms with van der Waals surface area (Å²) in [7, 11) is 0. The van der Waals surface area contributed by atoms with Gasteiger partial charge in [0.05, 0.1) is 31.1 Å². The molecule has 1 aromatic rings. The second-order valence-corrected chi connectivity index (χ2v) is 7.16. The summed E-state index contributed by atoms with van der Waals surface area (Å²) in [5, 5.41) is 16.9. The number of nitrogens with zero attached hydrogens (tertiary/aromatic N) is 4. The average Bonchev–Trinajstić information content (AvgIpc) is 3.12. The first-order chi connectivity index (χ1) is 11.6. The number of β-amino-alcohol motifs (C(OH)–C–C–N with tert-alkyl or cyclic N) is 1. The number of rotatable bonds is 4. The molecule has 2 fully saturated rings. The van der Waals surface area contributed by atoms with Crippen LogP contribution in [0.5, 0.6) is 0 Å². The summed E-state index contributed by atoms with van der Waals surface area (Å²) in [5.74, 6) is 0.211. The van der Waals surface area contributed by atoms with Crippen LogP contribution in [0.4, 0.5) is 0 Å². The van der Waals surface area contributed by atoms with E-state index in [2.05, 4.69) is 4.90 Å². The zero-order valence-electron chi connectivity index (χ0n) is 13.4. The van der Waals surface area contributed by atoms with Gasteiger partial charge in [0.2, 0.25) is 5.91 Å². The minimum absolute atomic E-state index is 0.00706. The molecule has 4 rings (SSSR count). The lowest BCUT2D eigenvalue weighted by atomic mass is 10.0. The quantitative estimate of drug-likeness (QED) is 0.881. The zero-order chi connectivity index (χ0) is 16.7. The van der Waals surface area contributed by atoms with Gasteiger partial charge < -0.3 is 10.0 Å². The molecule has 0 radical (unpaired) electrons. The standard InChI is InChI=1S/C17H21ClN4O2/c18-13-5-3-12(4-6-13)17-15(22-7-1-2-16(22)24)10-21(19-17)11-20-8-14(23)9-20/h3-6,14-15,23H,1-2,7-11H2. The van der Waals surface area contributed by atoms with E-state index in [0.29, 0.717) is 37.7 Å². The Labute approximate surface area is 146 Å². The van der Waals surface area contributed by atoms with E-state index in [1.165, 1.54) is 0 Å². The van der Waals surface area contributed by atoms with Crippen LogP contribution in [0.15, 0.2) is 29.4 Å². The summed E-state index contributed by atoms with van der Waals surface area (Å²) < 4.78 is 0. The third kappa shape index (κ3) is 3.01. The first kappa shape index (κ1) is 15.9. The predicted molar refractivity (Wildman–Crippen MR) is 91.9 cm³/mol. The molecule has 0 spiro atoms. The molecule has 128 valence electrons. The van der Waals surface area contributed by atoms with Gasteiger partial charge in [-0.05, 0) is 18.6 Å². The molecule has 0 aliphatic carbocycles. The molecule has 1 amide bonds. The molecule has 1 aromatic carbocycles. The maximum Gasteiger partial charge on any atom is 0.223 e. The molecule has 0 bridgehead atoms. The maximum atomic E-state index is 12.2. The number of carbonyl (C=O) groups is 1. The Bertz CT molecular complexity index is 657. The Balaban J connectivity index is 1.56. The molecule has 1 unspecified atom stereocenters. The predicted octanol–water partition coefficient (Wildman–Crippen LogP) is 0.985. The van der Waals surface area contributed by atoms with Crippen LogP contribution >= 0.6 is 11.6 Å². The summed E-state index contributed by atoms with van der Waals surface area (Å²) in [6.45, 7) is 3.57. The fourth-order valence-electron chi connectivity index (χ4n) is 3.64. The van der Waals surface area contributed by atoms with E-state index in [1.807, 2.05) is 34.2 Å². The summed E-state index contributed by atoms with van der Waals surface area (Å²) >= 11 is 6.00. The molecule has 2 saturated heterocycles. The van der Waals surface area contributed by atoms with Crippen molar-refractivity contribution in [3.05, 3.63) is 34.9 Å². The van der Waals surface area contributed by atoms with Crippen LogP contribution in [0.1, 0.15) is 18.4 Å². The monoisotopic (exact) mass is 348 g/mol. The highest BCUT2D eigenvalue weighted by Gasteiger charge is 2.38. The number of benzene rings is 1. The summed E-state index contributed by atoms with van der Waals surface area (Å²) in [5.41, 5.74) is 1.94. The highest BCUT2D eigenvalue weighted by molar-refractivity contribution is 6.30. The van der Waals surface area contributed by atoms with Crippen molar-refractivity contribution in [2.75, 3.05) is 32.8 Å². The Kier molecular flexibility index (Phi) is 4.20. The summed E-state index contributed by atoms with van der Waals surface area (Å²) in [6, 6.07) is 7.64. The van der Waals surface area contributed by atoms with Crippen molar-refractivity contribution in [2.45, 2.75) is 25.0 Å². The van der Waals surface area contributed by atoms with Gasteiger partial charge in [-0.25, -0.2) is 0 Å². The van der Waals surface area contributed by atoms with Gasteiger partial charge in [0.1, 0.15) is 0 Å². The van der Waals surface area contributed by atoms with Crippen LogP contribution in [-0.2, 0) is 4.79 Å². The van der Waals surface area contributed by atoms with Crippen molar-refractivity contribution in [1.82, 2.24) is 14.8 Å². The smallest absolute Gasteiger partial charge is 0.223 e. The van der Waals surface area contributed by atoms with E-state index in [4.69, 9.17) is 16.7 Å². The minimum atomic E-state index is -0.219. The first-order valence-corrected chi connectivity index (χ1v) is 8.77. The lowest BCUT2D eigenvalue weighted by Gasteiger charge is -2.38. The van der Waals surface area contributed by atoms with Gasteiger partial charge >= 0.3 is 0 Å². The number of carbonyl (C=O) groups excluding carboxylic acids is 1. The van der Waals surface area contributed by atoms with Crippen molar-refractivity contribution < 1.29 is 9.90 Å². The molecule has 6 nitrogen and oxygen atoms in total. The van der Waals surface area contributed by atoms with E-state index in [1.54, 1.807) is 0 Å². The summed E-state index contributed by atoms with van der Waals surface area (Å²) in [6.07, 6.45) is 1.33. The molecule has 24 heavy (non-hydrogen) atoms. The van der Waals surface area contributed by atoms with E-state index >= 15 is 0 Å². The van der Waals surface area contributed by atoms with Gasteiger partial charge in [0.15, 0.2) is 0 Å². The normalized spacial score (nSPS) is 25.3. The second kappa shape index (κ2) is 6.35. The third-order valence-electron chi connectivity index (χ3n) is 4.88. The topological polar surface area (TPSA) is 59.4 Å². The Morgan fingerprint density at radius 3 is 2.58 bits per heavy atom. The van der Waals surface area contributed by atoms with E-state index in [0.717, 1.165) is 24.2 Å². The van der Waals surface area contributed by atoms with Crippen molar-refractivity contribution in [3.8, 4) is 0 Å². The van der Waals surface area contributed by atoms with Gasteiger partial charge in [-0.2, -0.15) is 5.10 Å². The molecular weight excluding hydrogens is 328 g/mol. The van der Waals surface area contributed by atoms with Crippen molar-refractivity contribution in [1.29, 1.82) is 0 Å². The molecular formula is C17H21ClN4O2. The Morgan fingerprint density at radius 2 is 1.96 bits per heavy atom. The number of hydrogen-bond donors (Lipinski definition) is 1. The SMILES string of the molecule is O=C1CCCN1C1CN(CN2CC(O)C2)N=C1c1ccc(Cl)cc1. The number of hydrogen-bond acceptors (Lipinski definition) is 5. The van der Waals surface area contributed by atoms with E-state index < -0.39 is 0 Å². The van der Waals surface area contributed by atoms with E-state index in [9.17, 15) is 9.90 Å². The van der Waals surface area contributed by atoms with Crippen molar-refractivity contribution in [3.63, 3.8) is 0 Å². The average molecular weight is 349 g/mol. The number of hydrazone groups is 1. The first-order valence-electron chi connectivity index (χ1n) is 8.39. The van der Waals surface area contributed by atoms with Crippen LogP contribution in [0, 0.1) is 0 Å². The second-order valence-electron chi connectivity index (χ2n) is 6.72. The third-order valence-corrected chi connectivity index (χ3v) is 5.13. The molecule has 3 aliphatic rings.